The summed E-state index contributed by atoms with van der Waals surface area (Å²) in [4.78, 5) is 16.3. The Morgan fingerprint density at radius 2 is 2.10 bits per heavy atom. The van der Waals surface area contributed by atoms with Crippen molar-refractivity contribution in [2.24, 2.45) is 5.73 Å². The number of amides is 1. The topological polar surface area (TPSA) is 68.0 Å². The smallest absolute Gasteiger partial charge is 0.274 e. The zero-order chi connectivity index (χ0) is 14.7. The van der Waals surface area contributed by atoms with Crippen molar-refractivity contribution in [3.8, 4) is 0 Å². The predicted molar refractivity (Wildman–Crippen MR) is 87.0 cm³/mol. The second-order valence-corrected chi connectivity index (χ2v) is 5.51. The zero-order valence-electron chi connectivity index (χ0n) is 10.7. The Bertz CT molecular complexity index is 671. The van der Waals surface area contributed by atoms with Crippen LogP contribution in [0.15, 0.2) is 41.0 Å². The first kappa shape index (κ1) is 14.6. The standard InChI is InChI=1S/C14H12BrN3OS/c1-8-2-4-10(6-11(8)15)18-14(19)12-5-3-9(7-17-12)13(16)20/h2-7H,1H3,(H2,16,20)(H,18,19). The molecule has 0 fully saturated rings. The first-order valence-electron chi connectivity index (χ1n) is 5.81. The Kier molecular flexibility index (Phi) is 4.46. The summed E-state index contributed by atoms with van der Waals surface area (Å²) in [6, 6.07) is 8.86. The van der Waals surface area contributed by atoms with Gasteiger partial charge in [-0.25, -0.2) is 0 Å². The Morgan fingerprint density at radius 3 is 2.65 bits per heavy atom. The maximum atomic E-state index is 12.0. The Balaban J connectivity index is 2.15. The highest BCUT2D eigenvalue weighted by Crippen LogP contribution is 2.20. The fourth-order valence-corrected chi connectivity index (χ4v) is 2.04. The second-order valence-electron chi connectivity index (χ2n) is 4.21. The van der Waals surface area contributed by atoms with Crippen molar-refractivity contribution in [1.29, 1.82) is 0 Å². The summed E-state index contributed by atoms with van der Waals surface area (Å²) in [5.41, 5.74) is 8.22. The van der Waals surface area contributed by atoms with Crippen LogP contribution in [-0.4, -0.2) is 15.9 Å². The number of thiocarbonyl (C=S) groups is 1. The predicted octanol–water partition coefficient (Wildman–Crippen LogP) is 3.04. The van der Waals surface area contributed by atoms with Crippen molar-refractivity contribution in [2.75, 3.05) is 5.32 Å². The van der Waals surface area contributed by atoms with Crippen LogP contribution in [-0.2, 0) is 0 Å². The lowest BCUT2D eigenvalue weighted by Crippen LogP contribution is -2.15. The van der Waals surface area contributed by atoms with Crippen LogP contribution in [0.2, 0.25) is 0 Å². The minimum absolute atomic E-state index is 0.256. The number of hydrogen-bond donors (Lipinski definition) is 2. The molecule has 0 saturated carbocycles. The van der Waals surface area contributed by atoms with Crippen molar-refractivity contribution in [3.05, 3.63) is 57.8 Å². The molecule has 0 spiro atoms. The molecular weight excluding hydrogens is 338 g/mol. The van der Waals surface area contributed by atoms with Gasteiger partial charge in [0.05, 0.1) is 0 Å². The van der Waals surface area contributed by atoms with E-state index < -0.39 is 0 Å². The van der Waals surface area contributed by atoms with Gasteiger partial charge in [-0.15, -0.1) is 0 Å². The van der Waals surface area contributed by atoms with E-state index in [-0.39, 0.29) is 10.9 Å². The molecule has 0 unspecified atom stereocenters. The normalized spacial score (nSPS) is 10.1. The van der Waals surface area contributed by atoms with Gasteiger partial charge in [-0.05, 0) is 36.8 Å². The van der Waals surface area contributed by atoms with E-state index in [2.05, 4.69) is 26.2 Å². The summed E-state index contributed by atoms with van der Waals surface area (Å²) in [5.74, 6) is -0.282. The fraction of sp³-hybridized carbons (Fsp3) is 0.0714. The molecule has 1 amide bonds. The van der Waals surface area contributed by atoms with Gasteiger partial charge in [0.25, 0.3) is 5.91 Å². The molecule has 1 heterocycles. The molecule has 1 aromatic heterocycles. The third-order valence-electron chi connectivity index (χ3n) is 2.71. The van der Waals surface area contributed by atoms with Gasteiger partial charge in [-0.1, -0.05) is 34.2 Å². The summed E-state index contributed by atoms with van der Waals surface area (Å²) >= 11 is 8.26. The van der Waals surface area contributed by atoms with E-state index in [0.29, 0.717) is 16.9 Å². The number of nitrogens with one attached hydrogen (secondary N) is 1. The quantitative estimate of drug-likeness (QED) is 0.835. The van der Waals surface area contributed by atoms with Crippen molar-refractivity contribution < 1.29 is 4.79 Å². The number of carbonyl (C=O) groups is 1. The lowest BCUT2D eigenvalue weighted by atomic mass is 10.2. The first-order valence-corrected chi connectivity index (χ1v) is 7.01. The maximum Gasteiger partial charge on any atom is 0.274 e. The van der Waals surface area contributed by atoms with Gasteiger partial charge in [0.15, 0.2) is 0 Å². The summed E-state index contributed by atoms with van der Waals surface area (Å²) in [7, 11) is 0. The van der Waals surface area contributed by atoms with Gasteiger partial charge in [0.1, 0.15) is 10.7 Å². The molecule has 2 rings (SSSR count). The van der Waals surface area contributed by atoms with Crippen molar-refractivity contribution in [3.63, 3.8) is 0 Å². The van der Waals surface area contributed by atoms with Gasteiger partial charge in [-0.2, -0.15) is 0 Å². The zero-order valence-corrected chi connectivity index (χ0v) is 13.1. The number of pyridine rings is 1. The summed E-state index contributed by atoms with van der Waals surface area (Å²) in [6.45, 7) is 1.98. The summed E-state index contributed by atoms with van der Waals surface area (Å²) < 4.78 is 0.937. The largest absolute Gasteiger partial charge is 0.389 e. The third-order valence-corrected chi connectivity index (χ3v) is 3.80. The highest BCUT2D eigenvalue weighted by molar-refractivity contribution is 9.10. The van der Waals surface area contributed by atoms with Crippen LogP contribution in [0, 0.1) is 6.92 Å². The van der Waals surface area contributed by atoms with E-state index >= 15 is 0 Å². The number of nitrogens with two attached hydrogens (primary N) is 1. The number of hydrogen-bond acceptors (Lipinski definition) is 3. The number of carbonyl (C=O) groups excluding carboxylic acids is 1. The van der Waals surface area contributed by atoms with Crippen LogP contribution in [0.25, 0.3) is 0 Å². The molecule has 0 aliphatic rings. The lowest BCUT2D eigenvalue weighted by Gasteiger charge is -2.07. The van der Waals surface area contributed by atoms with Crippen LogP contribution in [0.5, 0.6) is 0 Å². The minimum atomic E-state index is -0.282. The molecule has 0 atom stereocenters. The molecule has 4 nitrogen and oxygen atoms in total. The molecule has 6 heteroatoms. The molecule has 1 aromatic carbocycles. The molecule has 0 bridgehead atoms. The number of halogens is 1. The number of anilines is 1. The average molecular weight is 350 g/mol. The summed E-state index contributed by atoms with van der Waals surface area (Å²) in [6.07, 6.45) is 1.49. The summed E-state index contributed by atoms with van der Waals surface area (Å²) in [5, 5.41) is 2.78. The third kappa shape index (κ3) is 3.40. The fourth-order valence-electron chi connectivity index (χ4n) is 1.54. The molecule has 0 saturated heterocycles. The van der Waals surface area contributed by atoms with Gasteiger partial charge in [0.2, 0.25) is 0 Å². The Labute approximate surface area is 130 Å². The Hall–Kier alpha value is -1.79. The van der Waals surface area contributed by atoms with Gasteiger partial charge in [-0.3, -0.25) is 9.78 Å². The number of nitrogens with zero attached hydrogens (tertiary/aromatic N) is 1. The molecule has 0 aliphatic carbocycles. The monoisotopic (exact) mass is 349 g/mol. The molecule has 20 heavy (non-hydrogen) atoms. The van der Waals surface area contributed by atoms with E-state index in [9.17, 15) is 4.79 Å². The van der Waals surface area contributed by atoms with E-state index in [4.69, 9.17) is 18.0 Å². The first-order chi connectivity index (χ1) is 9.47. The van der Waals surface area contributed by atoms with E-state index in [1.807, 2.05) is 25.1 Å². The Morgan fingerprint density at radius 1 is 1.35 bits per heavy atom. The molecule has 2 aromatic rings. The number of aromatic nitrogens is 1. The molecule has 3 N–H and O–H groups in total. The van der Waals surface area contributed by atoms with E-state index in [1.165, 1.54) is 6.20 Å². The number of benzene rings is 1. The highest BCUT2D eigenvalue weighted by atomic mass is 79.9. The molecule has 0 radical (unpaired) electrons. The highest BCUT2D eigenvalue weighted by Gasteiger charge is 2.09. The van der Waals surface area contributed by atoms with Crippen LogP contribution in [0.4, 0.5) is 5.69 Å². The van der Waals surface area contributed by atoms with Crippen LogP contribution in [0.3, 0.4) is 0 Å². The van der Waals surface area contributed by atoms with E-state index in [0.717, 1.165) is 10.0 Å². The van der Waals surface area contributed by atoms with Gasteiger partial charge in [0, 0.05) is 21.9 Å². The van der Waals surface area contributed by atoms with Crippen molar-refractivity contribution in [1.82, 2.24) is 4.98 Å². The van der Waals surface area contributed by atoms with Crippen LogP contribution < -0.4 is 11.1 Å². The van der Waals surface area contributed by atoms with E-state index in [1.54, 1.807) is 12.1 Å². The molecule has 102 valence electrons. The van der Waals surface area contributed by atoms with Crippen LogP contribution in [0.1, 0.15) is 21.6 Å². The number of aryl methyl sites for hydroxylation is 1. The second kappa shape index (κ2) is 6.11. The van der Waals surface area contributed by atoms with Gasteiger partial charge < -0.3 is 11.1 Å². The van der Waals surface area contributed by atoms with Crippen molar-refractivity contribution >= 4 is 44.7 Å². The van der Waals surface area contributed by atoms with Crippen molar-refractivity contribution in [2.45, 2.75) is 6.92 Å². The lowest BCUT2D eigenvalue weighted by molar-refractivity contribution is 0.102. The SMILES string of the molecule is Cc1ccc(NC(=O)c2ccc(C(N)=S)cn2)cc1Br. The van der Waals surface area contributed by atoms with Gasteiger partial charge >= 0.3 is 0 Å². The average Bonchev–Trinajstić information content (AvgIpc) is 2.43. The maximum absolute atomic E-state index is 12.0. The minimum Gasteiger partial charge on any atom is -0.389 e. The number of rotatable bonds is 3. The van der Waals surface area contributed by atoms with Crippen LogP contribution >= 0.6 is 28.1 Å². The molecular formula is C14H12BrN3OS. The molecule has 0 aliphatic heterocycles.